The molecule has 0 aromatic rings. The van der Waals surface area contributed by atoms with E-state index in [0.717, 1.165) is 0 Å². The fourth-order valence-corrected chi connectivity index (χ4v) is 0.767. The Labute approximate surface area is 99.8 Å². The minimum Gasteiger partial charge on any atom is -0.230 e. The molecule has 1 aliphatic rings. The van der Waals surface area contributed by atoms with Gasteiger partial charge in [-0.2, -0.15) is 0 Å². The molecule has 1 heteroatoms. The molecular weight excluding hydrogens is 135 g/mol. The molecule has 9 heavy (non-hydrogen) atoms. The third-order valence-corrected chi connectivity index (χ3v) is 1.24. The summed E-state index contributed by atoms with van der Waals surface area (Å²) in [6, 6.07) is 0. The number of allylic oxidation sites excluding steroid dienone is 4. The fourth-order valence-electron chi connectivity index (χ4n) is 0.767. The normalized spacial score (nSPS) is 24.0. The SMILES string of the molecule is C1=C\[CH-]CCC\C=C/1.[K+]. The molecule has 1 rings (SSSR count). The molecule has 0 nitrogen and oxygen atoms in total. The van der Waals surface area contributed by atoms with Gasteiger partial charge in [0.05, 0.1) is 0 Å². The molecule has 0 unspecified atom stereocenters. The van der Waals surface area contributed by atoms with Crippen LogP contribution in [0.15, 0.2) is 24.3 Å². The van der Waals surface area contributed by atoms with Crippen LogP contribution in [0.2, 0.25) is 0 Å². The maximum Gasteiger partial charge on any atom is 1.00 e. The van der Waals surface area contributed by atoms with Gasteiger partial charge in [-0.3, -0.25) is 0 Å². The van der Waals surface area contributed by atoms with Crippen LogP contribution in [0, 0.1) is 6.42 Å². The molecule has 0 fully saturated rings. The smallest absolute Gasteiger partial charge is 0.230 e. The van der Waals surface area contributed by atoms with E-state index in [1.165, 1.54) is 19.3 Å². The van der Waals surface area contributed by atoms with E-state index < -0.39 is 0 Å². The van der Waals surface area contributed by atoms with Gasteiger partial charge in [0.15, 0.2) is 0 Å². The van der Waals surface area contributed by atoms with E-state index in [9.17, 15) is 0 Å². The van der Waals surface area contributed by atoms with Gasteiger partial charge < -0.3 is 0 Å². The zero-order valence-electron chi connectivity index (χ0n) is 6.01. The van der Waals surface area contributed by atoms with Crippen molar-refractivity contribution in [1.29, 1.82) is 0 Å². The molecular formula is C8H11K. The zero-order valence-corrected chi connectivity index (χ0v) is 9.13. The number of rotatable bonds is 0. The molecule has 0 amide bonds. The Morgan fingerprint density at radius 1 is 1.22 bits per heavy atom. The minimum atomic E-state index is 0. The van der Waals surface area contributed by atoms with Gasteiger partial charge in [-0.15, -0.1) is 18.6 Å². The summed E-state index contributed by atoms with van der Waals surface area (Å²) in [4.78, 5) is 0. The summed E-state index contributed by atoms with van der Waals surface area (Å²) >= 11 is 0. The molecule has 0 aromatic heterocycles. The van der Waals surface area contributed by atoms with E-state index in [4.69, 9.17) is 0 Å². The molecule has 0 N–H and O–H groups in total. The second-order valence-electron chi connectivity index (χ2n) is 1.98. The predicted molar refractivity (Wildman–Crippen MR) is 36.4 cm³/mol. The van der Waals surface area contributed by atoms with Crippen LogP contribution >= 0.6 is 0 Å². The van der Waals surface area contributed by atoms with Gasteiger partial charge in [0.25, 0.3) is 0 Å². The Morgan fingerprint density at radius 2 is 2.11 bits per heavy atom. The summed E-state index contributed by atoms with van der Waals surface area (Å²) in [5.41, 5.74) is 0. The maximum absolute atomic E-state index is 2.21. The second-order valence-corrected chi connectivity index (χ2v) is 1.98. The van der Waals surface area contributed by atoms with Crippen LogP contribution in [0.4, 0.5) is 0 Å². The van der Waals surface area contributed by atoms with Crippen molar-refractivity contribution in [2.75, 3.05) is 0 Å². The summed E-state index contributed by atoms with van der Waals surface area (Å²) in [5, 5.41) is 0. The Hall–Kier alpha value is 0.986. The van der Waals surface area contributed by atoms with Crippen LogP contribution < -0.4 is 51.4 Å². The topological polar surface area (TPSA) is 0 Å². The van der Waals surface area contributed by atoms with Gasteiger partial charge in [0.1, 0.15) is 0 Å². The van der Waals surface area contributed by atoms with Crippen LogP contribution in [0.25, 0.3) is 0 Å². The molecule has 1 aliphatic carbocycles. The van der Waals surface area contributed by atoms with Crippen molar-refractivity contribution in [1.82, 2.24) is 0 Å². The average molecular weight is 146 g/mol. The van der Waals surface area contributed by atoms with Gasteiger partial charge in [0.2, 0.25) is 0 Å². The molecule has 44 valence electrons. The van der Waals surface area contributed by atoms with Gasteiger partial charge in [-0.25, -0.2) is 18.6 Å². The third kappa shape index (κ3) is 5.43. The van der Waals surface area contributed by atoms with Crippen molar-refractivity contribution in [3.8, 4) is 0 Å². The van der Waals surface area contributed by atoms with Crippen molar-refractivity contribution in [2.24, 2.45) is 0 Å². The summed E-state index contributed by atoms with van der Waals surface area (Å²) in [7, 11) is 0. The molecule has 0 saturated heterocycles. The molecule has 0 aromatic carbocycles. The van der Waals surface area contributed by atoms with E-state index in [0.29, 0.717) is 0 Å². The molecule has 0 saturated carbocycles. The first-order chi connectivity index (χ1) is 4.00. The first kappa shape index (κ1) is 9.99. The largest absolute Gasteiger partial charge is 1.00 e. The third-order valence-electron chi connectivity index (χ3n) is 1.24. The van der Waals surface area contributed by atoms with Crippen molar-refractivity contribution in [3.05, 3.63) is 30.7 Å². The molecule has 0 atom stereocenters. The van der Waals surface area contributed by atoms with Crippen molar-refractivity contribution < 1.29 is 51.4 Å². The molecule has 0 heterocycles. The monoisotopic (exact) mass is 146 g/mol. The summed E-state index contributed by atoms with van der Waals surface area (Å²) in [6.45, 7) is 0. The number of hydrogen-bond acceptors (Lipinski definition) is 0. The predicted octanol–water partition coefficient (Wildman–Crippen LogP) is -0.509. The van der Waals surface area contributed by atoms with Crippen LogP contribution in [0.1, 0.15) is 19.3 Å². The maximum atomic E-state index is 2.21. The average Bonchev–Trinajstić information content (AvgIpc) is 1.62. The minimum absolute atomic E-state index is 0. The molecule has 0 radical (unpaired) electrons. The Balaban J connectivity index is 0.000000640. The van der Waals surface area contributed by atoms with Gasteiger partial charge in [0, 0.05) is 0 Å². The summed E-state index contributed by atoms with van der Waals surface area (Å²) in [5.74, 6) is 0. The van der Waals surface area contributed by atoms with Crippen molar-refractivity contribution in [2.45, 2.75) is 19.3 Å². The standard InChI is InChI=1S/C8H11.K/c1-2-4-6-8-7-5-3-1;/h1-5H,6-8H2;/q-1;+1/b2-1-,5-3-;. The first-order valence-electron chi connectivity index (χ1n) is 3.15. The molecule has 0 spiro atoms. The van der Waals surface area contributed by atoms with Gasteiger partial charge >= 0.3 is 51.4 Å². The zero-order chi connectivity index (χ0) is 5.66. The Bertz CT molecular complexity index is 89.1. The van der Waals surface area contributed by atoms with Crippen LogP contribution in [0.5, 0.6) is 0 Å². The quantitative estimate of drug-likeness (QED) is 0.319. The van der Waals surface area contributed by atoms with Crippen LogP contribution in [-0.4, -0.2) is 0 Å². The van der Waals surface area contributed by atoms with Gasteiger partial charge in [-0.1, -0.05) is 6.42 Å². The second kappa shape index (κ2) is 7.10. The van der Waals surface area contributed by atoms with Crippen molar-refractivity contribution in [3.63, 3.8) is 0 Å². The Morgan fingerprint density at radius 3 is 3.00 bits per heavy atom. The number of hydrogen-bond donors (Lipinski definition) is 0. The first-order valence-corrected chi connectivity index (χ1v) is 3.15. The van der Waals surface area contributed by atoms with E-state index in [1.54, 1.807) is 0 Å². The summed E-state index contributed by atoms with van der Waals surface area (Å²) in [6.07, 6.45) is 14.5. The van der Waals surface area contributed by atoms with Gasteiger partial charge in [-0.05, 0) is 6.42 Å². The summed E-state index contributed by atoms with van der Waals surface area (Å²) < 4.78 is 0. The van der Waals surface area contributed by atoms with E-state index >= 15 is 0 Å². The molecule has 0 aliphatic heterocycles. The van der Waals surface area contributed by atoms with Crippen LogP contribution in [-0.2, 0) is 0 Å². The van der Waals surface area contributed by atoms with E-state index in [-0.39, 0.29) is 51.4 Å². The molecule has 0 bridgehead atoms. The Kier molecular flexibility index (Phi) is 7.88. The van der Waals surface area contributed by atoms with Crippen molar-refractivity contribution >= 4 is 0 Å². The fraction of sp³-hybridized carbons (Fsp3) is 0.375. The van der Waals surface area contributed by atoms with E-state index in [2.05, 4.69) is 30.7 Å². The van der Waals surface area contributed by atoms with Crippen LogP contribution in [0.3, 0.4) is 0 Å². The van der Waals surface area contributed by atoms with E-state index in [1.807, 2.05) is 0 Å².